The van der Waals surface area contributed by atoms with Gasteiger partial charge in [-0.25, -0.2) is 9.97 Å². The lowest BCUT2D eigenvalue weighted by atomic mass is 10.0. The topological polar surface area (TPSA) is 41.1 Å². The average Bonchev–Trinajstić information content (AvgIpc) is 3.02. The smallest absolute Gasteiger partial charge is 0.135 e. The van der Waals surface area contributed by atoms with E-state index in [-0.39, 0.29) is 0 Å². The van der Waals surface area contributed by atoms with Gasteiger partial charge in [-0.15, -0.1) is 0 Å². The predicted octanol–water partition coefficient (Wildman–Crippen LogP) is 0.621. The first-order chi connectivity index (χ1) is 8.42. The molecule has 4 nitrogen and oxygen atoms in total. The number of hydrogen-bond donors (Lipinski definition) is 1. The molecule has 0 spiro atoms. The van der Waals surface area contributed by atoms with Crippen molar-refractivity contribution in [1.29, 1.82) is 0 Å². The highest BCUT2D eigenvalue weighted by atomic mass is 15.2. The zero-order valence-electron chi connectivity index (χ0n) is 10.0. The molecule has 0 bridgehead atoms. The Labute approximate surface area is 101 Å². The molecule has 1 aliphatic carbocycles. The minimum Gasteiger partial charge on any atom is -0.356 e. The zero-order valence-corrected chi connectivity index (χ0v) is 10.0. The van der Waals surface area contributed by atoms with E-state index in [0.717, 1.165) is 18.3 Å². The van der Waals surface area contributed by atoms with Gasteiger partial charge in [-0.1, -0.05) is 0 Å². The Balaban J connectivity index is 1.65. The van der Waals surface area contributed by atoms with Crippen molar-refractivity contribution in [3.63, 3.8) is 0 Å². The van der Waals surface area contributed by atoms with E-state index in [1.165, 1.54) is 56.1 Å². The van der Waals surface area contributed by atoms with Crippen molar-refractivity contribution >= 4 is 5.82 Å². The third-order valence-corrected chi connectivity index (χ3v) is 4.54. The van der Waals surface area contributed by atoms with Crippen molar-refractivity contribution in [3.8, 4) is 0 Å². The van der Waals surface area contributed by atoms with Crippen molar-refractivity contribution < 1.29 is 0 Å². The van der Waals surface area contributed by atoms with E-state index in [4.69, 9.17) is 0 Å². The van der Waals surface area contributed by atoms with Crippen LogP contribution in [0.15, 0.2) is 6.33 Å². The van der Waals surface area contributed by atoms with Crippen LogP contribution in [0.25, 0.3) is 0 Å². The number of hydrogen-bond acceptors (Lipinski definition) is 4. The number of fused-ring (bicyclic) bond motifs is 2. The molecular weight excluding hydrogens is 212 g/mol. The summed E-state index contributed by atoms with van der Waals surface area (Å²) in [5.74, 6) is 2.91. The molecule has 0 radical (unpaired) electrons. The molecule has 1 aromatic heterocycles. The van der Waals surface area contributed by atoms with Crippen LogP contribution in [0.4, 0.5) is 5.82 Å². The lowest BCUT2D eigenvalue weighted by molar-refractivity contribution is 0.533. The fourth-order valence-electron chi connectivity index (χ4n) is 3.64. The maximum absolute atomic E-state index is 4.55. The van der Waals surface area contributed by atoms with Crippen LogP contribution in [-0.4, -0.2) is 36.1 Å². The Hall–Kier alpha value is -1.16. The number of nitrogens with one attached hydrogen (secondary N) is 1. The van der Waals surface area contributed by atoms with Crippen molar-refractivity contribution in [1.82, 2.24) is 15.3 Å². The van der Waals surface area contributed by atoms with E-state index in [0.29, 0.717) is 0 Å². The summed E-state index contributed by atoms with van der Waals surface area (Å²) < 4.78 is 0. The number of aromatic nitrogens is 2. The molecule has 4 heteroatoms. The van der Waals surface area contributed by atoms with Crippen LogP contribution in [-0.2, 0) is 12.8 Å². The summed E-state index contributed by atoms with van der Waals surface area (Å²) in [5, 5.41) is 3.49. The molecule has 90 valence electrons. The number of anilines is 1. The van der Waals surface area contributed by atoms with Crippen molar-refractivity contribution in [3.05, 3.63) is 17.6 Å². The van der Waals surface area contributed by atoms with E-state index in [1.807, 2.05) is 0 Å². The summed E-state index contributed by atoms with van der Waals surface area (Å²) >= 11 is 0. The molecule has 0 saturated carbocycles. The molecule has 2 saturated heterocycles. The quantitative estimate of drug-likeness (QED) is 0.768. The summed E-state index contributed by atoms with van der Waals surface area (Å²) in [4.78, 5) is 11.5. The zero-order chi connectivity index (χ0) is 11.2. The van der Waals surface area contributed by atoms with Gasteiger partial charge in [0.25, 0.3) is 0 Å². The lowest BCUT2D eigenvalue weighted by Crippen LogP contribution is -2.27. The van der Waals surface area contributed by atoms with Gasteiger partial charge in [0.15, 0.2) is 0 Å². The van der Waals surface area contributed by atoms with Crippen LogP contribution in [0.1, 0.15) is 17.7 Å². The Bertz CT molecular complexity index is 433. The third kappa shape index (κ3) is 1.47. The van der Waals surface area contributed by atoms with E-state index >= 15 is 0 Å². The molecule has 2 unspecified atom stereocenters. The van der Waals surface area contributed by atoms with Gasteiger partial charge in [-0.2, -0.15) is 0 Å². The number of rotatable bonds is 1. The van der Waals surface area contributed by atoms with E-state index in [9.17, 15) is 0 Å². The largest absolute Gasteiger partial charge is 0.356 e. The highest BCUT2D eigenvalue weighted by Crippen LogP contribution is 2.34. The second-order valence-corrected chi connectivity index (χ2v) is 5.56. The van der Waals surface area contributed by atoms with E-state index in [1.54, 1.807) is 6.33 Å². The average molecular weight is 230 g/mol. The molecule has 3 heterocycles. The SMILES string of the molecule is c1nc2c(c(N3CC4CNCC4C3)n1)CCC2. The van der Waals surface area contributed by atoms with Gasteiger partial charge in [-0.3, -0.25) is 0 Å². The first-order valence-corrected chi connectivity index (χ1v) is 6.70. The Morgan fingerprint density at radius 1 is 1.12 bits per heavy atom. The second-order valence-electron chi connectivity index (χ2n) is 5.56. The molecule has 1 N–H and O–H groups in total. The maximum atomic E-state index is 4.55. The third-order valence-electron chi connectivity index (χ3n) is 4.54. The number of nitrogens with zero attached hydrogens (tertiary/aromatic N) is 3. The molecule has 17 heavy (non-hydrogen) atoms. The van der Waals surface area contributed by atoms with Gasteiger partial charge in [0, 0.05) is 37.4 Å². The molecule has 4 rings (SSSR count). The first-order valence-electron chi connectivity index (χ1n) is 6.70. The van der Waals surface area contributed by atoms with Gasteiger partial charge in [-0.05, 0) is 31.1 Å². The van der Waals surface area contributed by atoms with Crippen LogP contribution in [0.3, 0.4) is 0 Å². The summed E-state index contributed by atoms with van der Waals surface area (Å²) in [6, 6.07) is 0. The highest BCUT2D eigenvalue weighted by molar-refractivity contribution is 5.51. The summed E-state index contributed by atoms with van der Waals surface area (Å²) in [5.41, 5.74) is 2.73. The Morgan fingerprint density at radius 2 is 1.94 bits per heavy atom. The van der Waals surface area contributed by atoms with Gasteiger partial charge in [0.2, 0.25) is 0 Å². The molecular formula is C13H18N4. The van der Waals surface area contributed by atoms with Gasteiger partial charge in [0.1, 0.15) is 12.1 Å². The van der Waals surface area contributed by atoms with Gasteiger partial charge in [0.05, 0.1) is 0 Å². The van der Waals surface area contributed by atoms with Crippen LogP contribution in [0, 0.1) is 11.8 Å². The molecule has 2 atom stereocenters. The minimum atomic E-state index is 0.835. The molecule has 0 amide bonds. The van der Waals surface area contributed by atoms with Gasteiger partial charge >= 0.3 is 0 Å². The normalized spacial score (nSPS) is 30.7. The Kier molecular flexibility index (Phi) is 2.12. The van der Waals surface area contributed by atoms with Crippen molar-refractivity contribution in [2.24, 2.45) is 11.8 Å². The van der Waals surface area contributed by atoms with Crippen molar-refractivity contribution in [2.45, 2.75) is 19.3 Å². The standard InChI is InChI=1S/C13H18N4/c1-2-11-12(3-1)15-8-16-13(11)17-6-9-4-14-5-10(9)7-17/h8-10,14H,1-7H2. The molecule has 2 fully saturated rings. The van der Waals surface area contributed by atoms with Crippen LogP contribution < -0.4 is 10.2 Å². The molecule has 1 aromatic rings. The lowest BCUT2D eigenvalue weighted by Gasteiger charge is -2.20. The van der Waals surface area contributed by atoms with Crippen LogP contribution >= 0.6 is 0 Å². The van der Waals surface area contributed by atoms with Crippen LogP contribution in [0.2, 0.25) is 0 Å². The van der Waals surface area contributed by atoms with Crippen LogP contribution in [0.5, 0.6) is 0 Å². The van der Waals surface area contributed by atoms with E-state index in [2.05, 4.69) is 20.2 Å². The molecule has 3 aliphatic rings. The predicted molar refractivity (Wildman–Crippen MR) is 66.1 cm³/mol. The summed E-state index contributed by atoms with van der Waals surface area (Å²) in [6.07, 6.45) is 5.33. The first kappa shape index (κ1) is 9.83. The summed E-state index contributed by atoms with van der Waals surface area (Å²) in [7, 11) is 0. The monoisotopic (exact) mass is 230 g/mol. The number of aryl methyl sites for hydroxylation is 1. The minimum absolute atomic E-state index is 0.835. The van der Waals surface area contributed by atoms with Gasteiger partial charge < -0.3 is 10.2 Å². The van der Waals surface area contributed by atoms with E-state index < -0.39 is 0 Å². The maximum Gasteiger partial charge on any atom is 0.135 e. The summed E-state index contributed by atoms with van der Waals surface area (Å²) in [6.45, 7) is 4.74. The fourth-order valence-corrected chi connectivity index (χ4v) is 3.64. The Morgan fingerprint density at radius 3 is 2.76 bits per heavy atom. The highest BCUT2D eigenvalue weighted by Gasteiger charge is 2.37. The molecule has 0 aromatic carbocycles. The van der Waals surface area contributed by atoms with Crippen molar-refractivity contribution in [2.75, 3.05) is 31.1 Å². The molecule has 2 aliphatic heterocycles. The fraction of sp³-hybridized carbons (Fsp3) is 0.692. The second kappa shape index (κ2) is 3.67.